The zero-order valence-electron chi connectivity index (χ0n) is 46.0. The smallest absolute Gasteiger partial charge is 0.434 e. The summed E-state index contributed by atoms with van der Waals surface area (Å²) in [6.07, 6.45) is -0.621. The molecule has 6 aromatic rings. The quantitative estimate of drug-likeness (QED) is 0.0668. The highest BCUT2D eigenvalue weighted by Crippen LogP contribution is 2.48. The van der Waals surface area contributed by atoms with Crippen LogP contribution in [0, 0.1) is 18.7 Å². The van der Waals surface area contributed by atoms with Crippen LogP contribution in [0.5, 0.6) is 11.5 Å². The van der Waals surface area contributed by atoms with Gasteiger partial charge in [0, 0.05) is 70.7 Å². The van der Waals surface area contributed by atoms with Gasteiger partial charge in [0.1, 0.15) is 41.0 Å². The van der Waals surface area contributed by atoms with Crippen molar-refractivity contribution < 1.29 is 91.9 Å². The van der Waals surface area contributed by atoms with Crippen LogP contribution in [0.1, 0.15) is 74.9 Å². The second kappa shape index (κ2) is 23.5. The summed E-state index contributed by atoms with van der Waals surface area (Å²) in [5.74, 6) is -1.92. The number of pyridine rings is 1. The average Bonchev–Trinajstić information content (AvgIpc) is 1.12. The summed E-state index contributed by atoms with van der Waals surface area (Å²) in [7, 11) is -0.632. The molecule has 3 fully saturated rings. The molecular weight excluding hydrogens is 1230 g/mol. The summed E-state index contributed by atoms with van der Waals surface area (Å²) < 4.78 is 179. The van der Waals surface area contributed by atoms with E-state index in [2.05, 4.69) is 50.3 Å². The number of aliphatic hydroxyl groups is 4. The van der Waals surface area contributed by atoms with E-state index in [1.807, 2.05) is 27.7 Å². The standard InChI is InChI=1S/C26H21F6N3O3.C16H12BrF3N2O2.C14H19BF3N3O3/c1-13-6-14-7-19(27)17(15-9-33-24(34-10-15)35-11-25(37,12-35)26(30,31)32)8-18(14)21(13)22(36)16-4-2-3-5-20(16)38-23(28)29;1-8-14(22-7-10(17)11(18)6-13(22)21-8)15(23)9-4-2-3-5-12(9)24-16(19)20;1-11(2)12(3,4)24-15(23-11)9-5-19-10(20-6-9)21-7-13(22,8-21)14(16,17)18/h2-10,18,22-23,36-37H,11-12H2,1H3;2-7,15-16,23H,1H3;5-6,22H,7-8H2,1-4H3/t18?,22-;15-;/m11./s1. The molecule has 11 rings (SSSR count). The van der Waals surface area contributed by atoms with Crippen LogP contribution in [0.25, 0.3) is 11.2 Å². The SMILES string of the molecule is CC1(C)OB(c2cnc(N3CC(O)(C(F)(F)F)C3)nc2)OC1(C)C.CC1=C([C@H](O)c2ccccc2OC(F)F)C2C=C(c3cnc(N4CC(O)(C(F)(F)F)C4)nc3)C(F)=CC2=C1.Cc1nc2cc(F)c(Br)cn2c1[C@H](O)c1ccccc1OC(F)F. The van der Waals surface area contributed by atoms with E-state index in [4.69, 9.17) is 9.31 Å². The maximum Gasteiger partial charge on any atom is 0.498 e. The van der Waals surface area contributed by atoms with Gasteiger partial charge in [0.05, 0.1) is 53.2 Å². The second-order valence-corrected chi connectivity index (χ2v) is 22.6. The number of nitrogens with zero attached hydrogens (tertiary/aromatic N) is 8. The summed E-state index contributed by atoms with van der Waals surface area (Å²) >= 11 is 3.08. The Kier molecular flexibility index (Phi) is 17.4. The van der Waals surface area contributed by atoms with Crippen LogP contribution in [-0.2, 0) is 9.31 Å². The lowest BCUT2D eigenvalue weighted by atomic mass is 9.81. The number of β-amino-alcohol motifs (C(OH)–C–C–N with tert-alkyl or cyclic N) is 2. The molecule has 2 aromatic carbocycles. The number of fused-ring (bicyclic) bond motifs is 2. The van der Waals surface area contributed by atoms with Gasteiger partial charge in [0.15, 0.2) is 11.2 Å². The number of aryl methyl sites for hydroxylation is 1. The number of allylic oxidation sites excluding steroid dienone is 7. The normalized spacial score (nSPS) is 20.0. The van der Waals surface area contributed by atoms with E-state index >= 15 is 4.39 Å². The molecular formula is C56H52BBrF12N8O8. The number of hydrogen-bond acceptors (Lipinski definition) is 15. The number of rotatable bonds is 12. The van der Waals surface area contributed by atoms with Crippen LogP contribution >= 0.6 is 15.9 Å². The maximum absolute atomic E-state index is 15.1. The third-order valence-corrected chi connectivity index (χ3v) is 15.9. The molecule has 2 aliphatic carbocycles. The molecule has 3 atom stereocenters. The second-order valence-electron chi connectivity index (χ2n) is 21.7. The Morgan fingerprint density at radius 1 is 0.698 bits per heavy atom. The van der Waals surface area contributed by atoms with Crippen molar-refractivity contribution in [3.63, 3.8) is 0 Å². The van der Waals surface area contributed by atoms with Gasteiger partial charge >= 0.3 is 32.7 Å². The van der Waals surface area contributed by atoms with Crippen molar-refractivity contribution in [2.45, 2.75) is 102 Å². The Morgan fingerprint density at radius 3 is 1.64 bits per heavy atom. The van der Waals surface area contributed by atoms with E-state index < -0.39 is 111 Å². The van der Waals surface area contributed by atoms with E-state index in [1.54, 1.807) is 38.1 Å². The van der Waals surface area contributed by atoms with Crippen molar-refractivity contribution in [2.24, 2.45) is 5.92 Å². The zero-order chi connectivity index (χ0) is 62.8. The molecule has 86 heavy (non-hydrogen) atoms. The molecule has 0 bridgehead atoms. The summed E-state index contributed by atoms with van der Waals surface area (Å²) in [6.45, 7) is 2.34. The first-order valence-electron chi connectivity index (χ1n) is 26.0. The minimum absolute atomic E-state index is 0.0487. The van der Waals surface area contributed by atoms with E-state index in [-0.39, 0.29) is 50.1 Å². The number of imidazole rings is 1. The van der Waals surface area contributed by atoms with Crippen molar-refractivity contribution in [3.8, 4) is 11.5 Å². The predicted molar refractivity (Wildman–Crippen MR) is 290 cm³/mol. The fraction of sp³-hybridized carbons (Fsp3) is 0.375. The van der Waals surface area contributed by atoms with Gasteiger partial charge in [-0.15, -0.1) is 0 Å². The third-order valence-electron chi connectivity index (χ3n) is 15.3. The van der Waals surface area contributed by atoms with Gasteiger partial charge in [-0.25, -0.2) is 33.7 Å². The number of alkyl halides is 10. The highest BCUT2D eigenvalue weighted by atomic mass is 79.9. The Labute approximate surface area is 491 Å². The van der Waals surface area contributed by atoms with Gasteiger partial charge in [-0.05, 0) is 92.4 Å². The number of para-hydroxylation sites is 2. The molecule has 1 unspecified atom stereocenters. The number of halogens is 13. The van der Waals surface area contributed by atoms with E-state index in [0.29, 0.717) is 39.2 Å². The van der Waals surface area contributed by atoms with Gasteiger partial charge in [0.2, 0.25) is 11.9 Å². The van der Waals surface area contributed by atoms with Crippen LogP contribution in [0.2, 0.25) is 0 Å². The number of aliphatic hydroxyl groups excluding tert-OH is 2. The van der Waals surface area contributed by atoms with Crippen molar-refractivity contribution in [1.82, 2.24) is 29.3 Å². The Hall–Kier alpha value is -7.09. The topological polar surface area (TPSA) is 193 Å². The van der Waals surface area contributed by atoms with E-state index in [9.17, 15) is 68.7 Å². The third kappa shape index (κ3) is 12.6. The number of hydrogen-bond donors (Lipinski definition) is 4. The zero-order valence-corrected chi connectivity index (χ0v) is 47.6. The van der Waals surface area contributed by atoms with Gasteiger partial charge < -0.3 is 49.0 Å². The minimum Gasteiger partial charge on any atom is -0.434 e. The first-order valence-corrected chi connectivity index (χ1v) is 26.8. The van der Waals surface area contributed by atoms with Crippen LogP contribution in [0.4, 0.5) is 64.6 Å². The number of anilines is 2. The molecule has 3 aliphatic heterocycles. The molecule has 0 radical (unpaired) electrons. The lowest BCUT2D eigenvalue weighted by molar-refractivity contribution is -0.267. The Bertz CT molecular complexity index is 3610. The molecule has 5 aliphatic rings. The van der Waals surface area contributed by atoms with Gasteiger partial charge in [-0.2, -0.15) is 43.9 Å². The monoisotopic (exact) mass is 1280 g/mol. The van der Waals surface area contributed by atoms with Crippen molar-refractivity contribution in [1.29, 1.82) is 0 Å². The molecule has 3 saturated heterocycles. The average molecular weight is 1280 g/mol. The van der Waals surface area contributed by atoms with E-state index in [1.165, 1.54) is 88.8 Å². The van der Waals surface area contributed by atoms with Crippen LogP contribution < -0.4 is 24.7 Å². The van der Waals surface area contributed by atoms with Gasteiger partial charge in [-0.3, -0.25) is 4.40 Å². The lowest BCUT2D eigenvalue weighted by Gasteiger charge is -2.46. The maximum atomic E-state index is 15.1. The molecule has 4 N–H and O–H groups in total. The molecule has 4 aromatic heterocycles. The summed E-state index contributed by atoms with van der Waals surface area (Å²) in [5.41, 5.74) is -2.57. The van der Waals surface area contributed by atoms with Crippen LogP contribution in [0.3, 0.4) is 0 Å². The first-order chi connectivity index (χ1) is 40.1. The highest BCUT2D eigenvalue weighted by molar-refractivity contribution is 9.10. The number of ether oxygens (including phenoxy) is 2. The van der Waals surface area contributed by atoms with Crippen LogP contribution in [0.15, 0.2) is 131 Å². The molecule has 0 saturated carbocycles. The fourth-order valence-corrected chi connectivity index (χ4v) is 10.2. The van der Waals surface area contributed by atoms with Crippen LogP contribution in [-0.4, -0.2) is 131 Å². The predicted octanol–water partition coefficient (Wildman–Crippen LogP) is 10.2. The fourth-order valence-electron chi connectivity index (χ4n) is 9.93. The summed E-state index contributed by atoms with van der Waals surface area (Å²) in [5, 5.41) is 41.0. The number of aromatic nitrogens is 6. The molecule has 0 spiro atoms. The highest BCUT2D eigenvalue weighted by Gasteiger charge is 2.63. The Balaban J connectivity index is 0.000000161. The molecule has 0 amide bonds. The van der Waals surface area contributed by atoms with Crippen molar-refractivity contribution >= 4 is 51.6 Å². The lowest BCUT2D eigenvalue weighted by Crippen LogP contribution is -2.69. The molecule has 16 nitrogen and oxygen atoms in total. The minimum atomic E-state index is -4.78. The van der Waals surface area contributed by atoms with Crippen molar-refractivity contribution in [2.75, 3.05) is 36.0 Å². The van der Waals surface area contributed by atoms with Gasteiger partial charge in [-0.1, -0.05) is 48.6 Å². The summed E-state index contributed by atoms with van der Waals surface area (Å²) in [4.78, 5) is 22.8. The summed E-state index contributed by atoms with van der Waals surface area (Å²) in [6, 6.07) is 13.0. The first kappa shape index (κ1) is 63.4. The van der Waals surface area contributed by atoms with E-state index in [0.717, 1.165) is 4.90 Å². The largest absolute Gasteiger partial charge is 0.498 e. The molecule has 30 heteroatoms. The molecule has 7 heterocycles. The van der Waals surface area contributed by atoms with Gasteiger partial charge in [0.25, 0.3) is 0 Å². The Morgan fingerprint density at radius 2 is 1.16 bits per heavy atom. The molecule has 458 valence electrons. The number of benzene rings is 2. The van der Waals surface area contributed by atoms with Crippen molar-refractivity contribution in [3.05, 3.63) is 165 Å².